The molecule has 1 heterocycles. The molecule has 0 aromatic rings. The highest BCUT2D eigenvalue weighted by Gasteiger charge is 2.28. The number of alkyl halides is 2. The van der Waals surface area contributed by atoms with Gasteiger partial charge in [0.1, 0.15) is 0 Å². The molecular formula is C10H15F2N. The summed E-state index contributed by atoms with van der Waals surface area (Å²) in [6, 6.07) is -0.561. The third-order valence-electron chi connectivity index (χ3n) is 2.41. The highest BCUT2D eigenvalue weighted by molar-refractivity contribution is 4.99. The van der Waals surface area contributed by atoms with Gasteiger partial charge in [0, 0.05) is 0 Å². The molecule has 1 saturated heterocycles. The molecule has 1 atom stereocenters. The topological polar surface area (TPSA) is 3.24 Å². The minimum atomic E-state index is -2.22. The minimum Gasteiger partial charge on any atom is -0.284 e. The second-order valence-corrected chi connectivity index (χ2v) is 3.29. The molecule has 0 N–H and O–H groups in total. The lowest BCUT2D eigenvalue weighted by atomic mass is 10.0. The van der Waals surface area contributed by atoms with Crippen molar-refractivity contribution in [2.24, 2.45) is 0 Å². The maximum Gasteiger partial charge on any atom is 0.253 e. The van der Waals surface area contributed by atoms with Crippen molar-refractivity contribution in [1.82, 2.24) is 4.90 Å². The van der Waals surface area contributed by atoms with Gasteiger partial charge in [-0.05, 0) is 26.3 Å². The van der Waals surface area contributed by atoms with Crippen molar-refractivity contribution < 1.29 is 8.78 Å². The summed E-state index contributed by atoms with van der Waals surface area (Å²) < 4.78 is 25.0. The van der Waals surface area contributed by atoms with E-state index in [0.29, 0.717) is 13.0 Å². The van der Waals surface area contributed by atoms with E-state index in [1.807, 2.05) is 0 Å². The fourth-order valence-corrected chi connectivity index (χ4v) is 1.68. The Morgan fingerprint density at radius 3 is 2.85 bits per heavy atom. The molecular weight excluding hydrogens is 172 g/mol. The SMILES string of the molecule is CC#CCN1CCCCC1C(F)F. The van der Waals surface area contributed by atoms with Crippen LogP contribution in [-0.4, -0.2) is 30.5 Å². The van der Waals surface area contributed by atoms with E-state index in [1.165, 1.54) is 0 Å². The number of likely N-dealkylation sites (tertiary alicyclic amines) is 1. The van der Waals surface area contributed by atoms with Crippen molar-refractivity contribution in [3.05, 3.63) is 0 Å². The van der Waals surface area contributed by atoms with E-state index in [-0.39, 0.29) is 0 Å². The summed E-state index contributed by atoms with van der Waals surface area (Å²) in [5, 5.41) is 0. The maximum atomic E-state index is 12.5. The van der Waals surface area contributed by atoms with Crippen LogP contribution >= 0.6 is 0 Å². The van der Waals surface area contributed by atoms with Gasteiger partial charge in [-0.1, -0.05) is 12.3 Å². The fraction of sp³-hybridized carbons (Fsp3) is 0.800. The Bertz CT molecular complexity index is 205. The molecule has 13 heavy (non-hydrogen) atoms. The minimum absolute atomic E-state index is 0.492. The van der Waals surface area contributed by atoms with Crippen LogP contribution in [-0.2, 0) is 0 Å². The Morgan fingerprint density at radius 2 is 2.23 bits per heavy atom. The molecule has 3 heteroatoms. The molecule has 74 valence electrons. The first kappa shape index (κ1) is 10.5. The van der Waals surface area contributed by atoms with Gasteiger partial charge in [0.25, 0.3) is 6.43 Å². The van der Waals surface area contributed by atoms with Crippen LogP contribution in [0.5, 0.6) is 0 Å². The van der Waals surface area contributed by atoms with Gasteiger partial charge in [0.05, 0.1) is 12.6 Å². The predicted molar refractivity (Wildman–Crippen MR) is 48.7 cm³/mol. The third-order valence-corrected chi connectivity index (χ3v) is 2.41. The molecule has 1 aliphatic rings. The summed E-state index contributed by atoms with van der Waals surface area (Å²) in [5.41, 5.74) is 0. The summed E-state index contributed by atoms with van der Waals surface area (Å²) in [6.07, 6.45) is 0.335. The van der Waals surface area contributed by atoms with Gasteiger partial charge in [-0.15, -0.1) is 5.92 Å². The van der Waals surface area contributed by atoms with Crippen molar-refractivity contribution in [1.29, 1.82) is 0 Å². The van der Waals surface area contributed by atoms with Crippen molar-refractivity contribution in [2.45, 2.75) is 38.7 Å². The van der Waals surface area contributed by atoms with E-state index in [4.69, 9.17) is 0 Å². The van der Waals surface area contributed by atoms with Gasteiger partial charge < -0.3 is 0 Å². The molecule has 0 saturated carbocycles. The van der Waals surface area contributed by atoms with E-state index in [0.717, 1.165) is 19.4 Å². The molecule has 0 spiro atoms. The molecule has 1 aliphatic heterocycles. The summed E-state index contributed by atoms with van der Waals surface area (Å²) in [6.45, 7) is 3.00. The Balaban J connectivity index is 2.49. The van der Waals surface area contributed by atoms with Crippen LogP contribution in [0.15, 0.2) is 0 Å². The second-order valence-electron chi connectivity index (χ2n) is 3.29. The molecule has 0 amide bonds. The van der Waals surface area contributed by atoms with Crippen LogP contribution in [0, 0.1) is 11.8 Å². The second kappa shape index (κ2) is 5.18. The van der Waals surface area contributed by atoms with E-state index in [2.05, 4.69) is 11.8 Å². The van der Waals surface area contributed by atoms with Gasteiger partial charge in [-0.2, -0.15) is 0 Å². The predicted octanol–water partition coefficient (Wildman–Crippen LogP) is 2.13. The molecule has 1 rings (SSSR count). The molecule has 0 aliphatic carbocycles. The van der Waals surface area contributed by atoms with E-state index in [1.54, 1.807) is 11.8 Å². The summed E-state index contributed by atoms with van der Waals surface area (Å²) >= 11 is 0. The normalized spacial score (nSPS) is 24.2. The van der Waals surface area contributed by atoms with Gasteiger partial charge in [-0.25, -0.2) is 8.78 Å². The van der Waals surface area contributed by atoms with Crippen LogP contribution in [0.1, 0.15) is 26.2 Å². The first-order chi connectivity index (χ1) is 6.25. The molecule has 1 unspecified atom stereocenters. The quantitative estimate of drug-likeness (QED) is 0.598. The zero-order valence-corrected chi connectivity index (χ0v) is 7.89. The first-order valence-electron chi connectivity index (χ1n) is 4.67. The lowest BCUT2D eigenvalue weighted by molar-refractivity contribution is 0.0114. The van der Waals surface area contributed by atoms with Crippen molar-refractivity contribution >= 4 is 0 Å². The fourth-order valence-electron chi connectivity index (χ4n) is 1.68. The highest BCUT2D eigenvalue weighted by atomic mass is 19.3. The van der Waals surface area contributed by atoms with Gasteiger partial charge in [-0.3, -0.25) is 4.90 Å². The third kappa shape index (κ3) is 2.96. The average Bonchev–Trinajstić information content (AvgIpc) is 2.15. The Kier molecular flexibility index (Phi) is 4.17. The molecule has 1 fully saturated rings. The lowest BCUT2D eigenvalue weighted by Crippen LogP contribution is -2.44. The largest absolute Gasteiger partial charge is 0.284 e. The maximum absolute atomic E-state index is 12.5. The van der Waals surface area contributed by atoms with Crippen molar-refractivity contribution in [3.8, 4) is 11.8 Å². The van der Waals surface area contributed by atoms with Crippen molar-refractivity contribution in [3.63, 3.8) is 0 Å². The van der Waals surface area contributed by atoms with Gasteiger partial charge in [0.15, 0.2) is 0 Å². The summed E-state index contributed by atoms with van der Waals surface area (Å²) in [7, 11) is 0. The van der Waals surface area contributed by atoms with Crippen LogP contribution in [0.4, 0.5) is 8.78 Å². The average molecular weight is 187 g/mol. The van der Waals surface area contributed by atoms with Crippen LogP contribution in [0.25, 0.3) is 0 Å². The van der Waals surface area contributed by atoms with E-state index < -0.39 is 12.5 Å². The van der Waals surface area contributed by atoms with Crippen LogP contribution in [0.3, 0.4) is 0 Å². The Hall–Kier alpha value is -0.620. The smallest absolute Gasteiger partial charge is 0.253 e. The van der Waals surface area contributed by atoms with Crippen molar-refractivity contribution in [2.75, 3.05) is 13.1 Å². The summed E-state index contributed by atoms with van der Waals surface area (Å²) in [4.78, 5) is 1.80. The van der Waals surface area contributed by atoms with Gasteiger partial charge in [0.2, 0.25) is 0 Å². The lowest BCUT2D eigenvalue weighted by Gasteiger charge is -2.33. The first-order valence-corrected chi connectivity index (χ1v) is 4.67. The van der Waals surface area contributed by atoms with Crippen LogP contribution in [0.2, 0.25) is 0 Å². The zero-order valence-electron chi connectivity index (χ0n) is 7.89. The molecule has 0 aromatic heterocycles. The Labute approximate surface area is 78.1 Å². The van der Waals surface area contributed by atoms with Crippen LogP contribution < -0.4 is 0 Å². The number of halogens is 2. The number of piperidine rings is 1. The molecule has 0 radical (unpaired) electrons. The standard InChI is InChI=1S/C10H15F2N/c1-2-3-7-13-8-5-4-6-9(13)10(11)12/h9-10H,4-8H2,1H3. The van der Waals surface area contributed by atoms with E-state index in [9.17, 15) is 8.78 Å². The number of rotatable bonds is 2. The number of nitrogens with zero attached hydrogens (tertiary/aromatic N) is 1. The molecule has 0 bridgehead atoms. The molecule has 1 nitrogen and oxygen atoms in total. The van der Waals surface area contributed by atoms with E-state index >= 15 is 0 Å². The zero-order chi connectivity index (χ0) is 9.68. The summed E-state index contributed by atoms with van der Waals surface area (Å²) in [5.74, 6) is 5.58. The van der Waals surface area contributed by atoms with Gasteiger partial charge >= 0.3 is 0 Å². The number of hydrogen-bond acceptors (Lipinski definition) is 1. The monoisotopic (exact) mass is 187 g/mol. The number of hydrogen-bond donors (Lipinski definition) is 0. The Morgan fingerprint density at radius 1 is 1.46 bits per heavy atom. The molecule has 0 aromatic carbocycles. The highest BCUT2D eigenvalue weighted by Crippen LogP contribution is 2.21.